The van der Waals surface area contributed by atoms with Crippen LogP contribution in [0.25, 0.3) is 0 Å². The summed E-state index contributed by atoms with van der Waals surface area (Å²) in [5.41, 5.74) is 2.14. The van der Waals surface area contributed by atoms with Gasteiger partial charge in [-0.15, -0.1) is 6.42 Å². The third-order valence-corrected chi connectivity index (χ3v) is 1.60. The predicted octanol–water partition coefficient (Wildman–Crippen LogP) is 2.29. The van der Waals surface area contributed by atoms with Crippen molar-refractivity contribution in [2.45, 2.75) is 19.3 Å². The fourth-order valence-electron chi connectivity index (χ4n) is 1.04. The van der Waals surface area contributed by atoms with Gasteiger partial charge in [0.1, 0.15) is 0 Å². The van der Waals surface area contributed by atoms with E-state index in [0.717, 1.165) is 12.0 Å². The maximum atomic E-state index is 5.16. The Bertz CT molecular complexity index is 189. The van der Waals surface area contributed by atoms with Crippen molar-refractivity contribution >= 4 is 0 Å². The normalized spacial score (nSPS) is 16.6. The topological polar surface area (TPSA) is 0 Å². The van der Waals surface area contributed by atoms with Gasteiger partial charge >= 0.3 is 0 Å². The molecule has 1 aliphatic rings. The van der Waals surface area contributed by atoms with Crippen LogP contribution in [-0.4, -0.2) is 0 Å². The van der Waals surface area contributed by atoms with E-state index < -0.39 is 0 Å². The van der Waals surface area contributed by atoms with Crippen LogP contribution in [0.1, 0.15) is 19.3 Å². The molecule has 0 fully saturated rings. The zero-order valence-corrected chi connectivity index (χ0v) is 5.48. The molecule has 0 atom stereocenters. The van der Waals surface area contributed by atoms with Crippen LogP contribution in [0.15, 0.2) is 23.8 Å². The zero-order valence-electron chi connectivity index (χ0n) is 5.48. The molecule has 0 heterocycles. The first-order chi connectivity index (χ1) is 4.34. The van der Waals surface area contributed by atoms with Crippen molar-refractivity contribution < 1.29 is 0 Å². The van der Waals surface area contributed by atoms with E-state index in [-0.39, 0.29) is 0 Å². The Kier molecular flexibility index (Phi) is 1.75. The van der Waals surface area contributed by atoms with E-state index in [1.807, 2.05) is 0 Å². The summed E-state index contributed by atoms with van der Waals surface area (Å²) in [7, 11) is 0. The number of rotatable bonds is 1. The van der Waals surface area contributed by atoms with Gasteiger partial charge in [-0.1, -0.05) is 18.6 Å². The molecule has 0 aromatic carbocycles. The molecule has 0 aliphatic heterocycles. The smallest absolute Gasteiger partial charge is 0.0199 e. The summed E-state index contributed by atoms with van der Waals surface area (Å²) in [6.45, 7) is 3.75. The van der Waals surface area contributed by atoms with Crippen LogP contribution in [0, 0.1) is 12.3 Å². The Balaban J connectivity index is 2.64. The molecular formula is C9H10. The van der Waals surface area contributed by atoms with Gasteiger partial charge in [0, 0.05) is 5.57 Å². The minimum Gasteiger partial charge on any atom is -0.115 e. The lowest BCUT2D eigenvalue weighted by molar-refractivity contribution is 0.913. The van der Waals surface area contributed by atoms with Gasteiger partial charge in [-0.2, -0.15) is 0 Å². The summed E-state index contributed by atoms with van der Waals surface area (Å²) >= 11 is 0. The number of allylic oxidation sites excluding steroid dienone is 3. The van der Waals surface area contributed by atoms with Crippen molar-refractivity contribution in [3.63, 3.8) is 0 Å². The molecule has 1 aliphatic carbocycles. The van der Waals surface area contributed by atoms with Crippen LogP contribution in [0.4, 0.5) is 0 Å². The first-order valence-corrected chi connectivity index (χ1v) is 3.19. The molecule has 0 heteroatoms. The van der Waals surface area contributed by atoms with Gasteiger partial charge in [0.05, 0.1) is 0 Å². The Labute approximate surface area is 56.3 Å². The lowest BCUT2D eigenvalue weighted by Crippen LogP contribution is -1.78. The Morgan fingerprint density at radius 3 is 3.00 bits per heavy atom. The number of hydrogen-bond donors (Lipinski definition) is 0. The van der Waals surface area contributed by atoms with Crippen LogP contribution in [0.2, 0.25) is 0 Å². The fraction of sp³-hybridized carbons (Fsp3) is 0.333. The Hall–Kier alpha value is -0.960. The summed E-state index contributed by atoms with van der Waals surface area (Å²) < 4.78 is 0. The molecule has 0 nitrogen and oxygen atoms in total. The van der Waals surface area contributed by atoms with E-state index in [9.17, 15) is 0 Å². The molecule has 0 amide bonds. The highest BCUT2D eigenvalue weighted by Gasteiger charge is 2.04. The third kappa shape index (κ3) is 1.23. The summed E-state index contributed by atoms with van der Waals surface area (Å²) in [5, 5.41) is 0. The Morgan fingerprint density at radius 2 is 2.56 bits per heavy atom. The monoisotopic (exact) mass is 118 g/mol. The molecule has 0 unspecified atom stereocenters. The standard InChI is InChI=1S/C9H10/c1-3-8(2)9-6-4-5-7-9/h1,6H,2,4-5,7H2. The highest BCUT2D eigenvalue weighted by molar-refractivity contribution is 5.42. The summed E-state index contributed by atoms with van der Waals surface area (Å²) in [4.78, 5) is 0. The van der Waals surface area contributed by atoms with E-state index in [2.05, 4.69) is 18.6 Å². The molecule has 0 aromatic rings. The minimum atomic E-state index is 0.868. The van der Waals surface area contributed by atoms with Crippen LogP contribution >= 0.6 is 0 Å². The lowest BCUT2D eigenvalue weighted by atomic mass is 10.1. The van der Waals surface area contributed by atoms with E-state index in [4.69, 9.17) is 6.42 Å². The van der Waals surface area contributed by atoms with Crippen molar-refractivity contribution in [1.29, 1.82) is 0 Å². The average molecular weight is 118 g/mol. The van der Waals surface area contributed by atoms with Gasteiger partial charge in [-0.05, 0) is 24.8 Å². The van der Waals surface area contributed by atoms with Crippen molar-refractivity contribution in [3.8, 4) is 12.3 Å². The molecular weight excluding hydrogens is 108 g/mol. The van der Waals surface area contributed by atoms with Crippen molar-refractivity contribution in [3.05, 3.63) is 23.8 Å². The quantitative estimate of drug-likeness (QED) is 0.463. The first-order valence-electron chi connectivity index (χ1n) is 3.19. The fourth-order valence-corrected chi connectivity index (χ4v) is 1.04. The second kappa shape index (κ2) is 2.55. The van der Waals surface area contributed by atoms with Crippen molar-refractivity contribution in [1.82, 2.24) is 0 Å². The van der Waals surface area contributed by atoms with Crippen LogP contribution in [0.5, 0.6) is 0 Å². The summed E-state index contributed by atoms with van der Waals surface area (Å²) in [5.74, 6) is 2.54. The molecule has 0 bridgehead atoms. The molecule has 0 radical (unpaired) electrons. The Morgan fingerprint density at radius 1 is 1.78 bits per heavy atom. The van der Waals surface area contributed by atoms with Gasteiger partial charge in [0.15, 0.2) is 0 Å². The van der Waals surface area contributed by atoms with Gasteiger partial charge < -0.3 is 0 Å². The second-order valence-corrected chi connectivity index (χ2v) is 2.24. The number of terminal acetylenes is 1. The largest absolute Gasteiger partial charge is 0.115 e. The molecule has 1 rings (SSSR count). The van der Waals surface area contributed by atoms with E-state index in [1.54, 1.807) is 0 Å². The highest BCUT2D eigenvalue weighted by atomic mass is 14.1. The average Bonchev–Trinajstić information content (AvgIpc) is 2.37. The van der Waals surface area contributed by atoms with Gasteiger partial charge in [0.25, 0.3) is 0 Å². The first kappa shape index (κ1) is 6.16. The van der Waals surface area contributed by atoms with E-state index >= 15 is 0 Å². The molecule has 0 spiro atoms. The molecule has 46 valence electrons. The summed E-state index contributed by atoms with van der Waals surface area (Å²) in [6, 6.07) is 0. The summed E-state index contributed by atoms with van der Waals surface area (Å²) in [6.07, 6.45) is 10.9. The number of hydrogen-bond acceptors (Lipinski definition) is 0. The maximum Gasteiger partial charge on any atom is 0.0199 e. The third-order valence-electron chi connectivity index (χ3n) is 1.60. The zero-order chi connectivity index (χ0) is 6.69. The predicted molar refractivity (Wildman–Crippen MR) is 39.9 cm³/mol. The highest BCUT2D eigenvalue weighted by Crippen LogP contribution is 2.22. The molecule has 0 saturated heterocycles. The van der Waals surface area contributed by atoms with Crippen LogP contribution < -0.4 is 0 Å². The van der Waals surface area contributed by atoms with Crippen molar-refractivity contribution in [2.24, 2.45) is 0 Å². The van der Waals surface area contributed by atoms with Crippen LogP contribution in [-0.2, 0) is 0 Å². The minimum absolute atomic E-state index is 0.868. The van der Waals surface area contributed by atoms with Gasteiger partial charge in [0.2, 0.25) is 0 Å². The molecule has 0 N–H and O–H groups in total. The SMILES string of the molecule is C#CC(=C)C1=CCCC1. The van der Waals surface area contributed by atoms with Crippen LogP contribution in [0.3, 0.4) is 0 Å². The lowest BCUT2D eigenvalue weighted by Gasteiger charge is -1.94. The molecule has 0 aromatic heterocycles. The second-order valence-electron chi connectivity index (χ2n) is 2.24. The maximum absolute atomic E-state index is 5.16. The van der Waals surface area contributed by atoms with Gasteiger partial charge in [-0.25, -0.2) is 0 Å². The van der Waals surface area contributed by atoms with E-state index in [0.29, 0.717) is 0 Å². The van der Waals surface area contributed by atoms with Gasteiger partial charge in [-0.3, -0.25) is 0 Å². The molecule has 9 heavy (non-hydrogen) atoms. The molecule has 0 saturated carbocycles. The van der Waals surface area contributed by atoms with E-state index in [1.165, 1.54) is 18.4 Å². The van der Waals surface area contributed by atoms with Crippen molar-refractivity contribution in [2.75, 3.05) is 0 Å².